The molecule has 2 aliphatic carbocycles. The van der Waals surface area contributed by atoms with Crippen LogP contribution in [-0.4, -0.2) is 23.0 Å². The summed E-state index contributed by atoms with van der Waals surface area (Å²) in [6, 6.07) is 4.62. The van der Waals surface area contributed by atoms with Gasteiger partial charge in [0.15, 0.2) is 0 Å². The lowest BCUT2D eigenvalue weighted by Gasteiger charge is -2.27. The summed E-state index contributed by atoms with van der Waals surface area (Å²) in [6.45, 7) is 1.94. The molecule has 4 heteroatoms. The molecule has 3 rings (SSSR count). The molecule has 19 heavy (non-hydrogen) atoms. The lowest BCUT2D eigenvalue weighted by molar-refractivity contribution is -0.123. The van der Waals surface area contributed by atoms with Gasteiger partial charge in [-0.3, -0.25) is 15.1 Å². The first-order valence-corrected chi connectivity index (χ1v) is 7.24. The zero-order valence-electron chi connectivity index (χ0n) is 11.4. The third-order valence-corrected chi connectivity index (χ3v) is 3.96. The Morgan fingerprint density at radius 1 is 1.42 bits per heavy atom. The molecule has 1 aromatic heterocycles. The Labute approximate surface area is 114 Å². The second kappa shape index (κ2) is 5.29. The molecule has 4 nitrogen and oxygen atoms in total. The topological polar surface area (TPSA) is 54.0 Å². The van der Waals surface area contributed by atoms with E-state index in [0.29, 0.717) is 6.04 Å². The first-order valence-electron chi connectivity index (χ1n) is 7.24. The summed E-state index contributed by atoms with van der Waals surface area (Å²) in [4.78, 5) is 16.5. The monoisotopic (exact) mass is 259 g/mol. The first-order chi connectivity index (χ1) is 9.24. The van der Waals surface area contributed by atoms with Crippen LogP contribution in [0.25, 0.3) is 0 Å². The highest BCUT2D eigenvalue weighted by Crippen LogP contribution is 2.28. The molecule has 1 fully saturated rings. The van der Waals surface area contributed by atoms with Crippen molar-refractivity contribution in [2.75, 3.05) is 0 Å². The summed E-state index contributed by atoms with van der Waals surface area (Å²) in [7, 11) is 0. The Balaban J connectivity index is 1.64. The summed E-state index contributed by atoms with van der Waals surface area (Å²) in [5, 5.41) is 6.48. The Morgan fingerprint density at radius 2 is 2.26 bits per heavy atom. The fraction of sp³-hybridized carbons (Fsp3) is 0.600. The molecule has 2 N–H and O–H groups in total. The normalized spacial score (nSPS) is 23.5. The van der Waals surface area contributed by atoms with Crippen molar-refractivity contribution in [3.63, 3.8) is 0 Å². The number of aryl methyl sites for hydroxylation is 1. The average Bonchev–Trinajstić information content (AvgIpc) is 3.23. The van der Waals surface area contributed by atoms with Crippen LogP contribution in [-0.2, 0) is 11.2 Å². The minimum absolute atomic E-state index is 0.116. The summed E-state index contributed by atoms with van der Waals surface area (Å²) in [5.41, 5.74) is 2.45. The molecule has 1 aromatic rings. The minimum atomic E-state index is -0.154. The Hall–Kier alpha value is -1.42. The maximum absolute atomic E-state index is 12.0. The van der Waals surface area contributed by atoms with Gasteiger partial charge in [-0.15, -0.1) is 0 Å². The molecule has 2 atom stereocenters. The van der Waals surface area contributed by atoms with Crippen LogP contribution in [0.4, 0.5) is 0 Å². The average molecular weight is 259 g/mol. The van der Waals surface area contributed by atoms with Crippen molar-refractivity contribution in [2.45, 2.75) is 57.2 Å². The van der Waals surface area contributed by atoms with E-state index in [4.69, 9.17) is 0 Å². The quantitative estimate of drug-likeness (QED) is 0.865. The van der Waals surface area contributed by atoms with Gasteiger partial charge >= 0.3 is 0 Å². The van der Waals surface area contributed by atoms with Gasteiger partial charge in [0.1, 0.15) is 0 Å². The van der Waals surface area contributed by atoms with Gasteiger partial charge in [-0.25, -0.2) is 0 Å². The predicted molar refractivity (Wildman–Crippen MR) is 73.7 cm³/mol. The molecule has 0 aliphatic heterocycles. The van der Waals surface area contributed by atoms with Gasteiger partial charge in [0.05, 0.1) is 17.8 Å². The molecule has 2 aliphatic rings. The lowest BCUT2D eigenvalue weighted by Crippen LogP contribution is -2.45. The number of carbonyl (C=O) groups is 1. The van der Waals surface area contributed by atoms with E-state index in [1.165, 1.54) is 5.56 Å². The highest BCUT2D eigenvalue weighted by Gasteiger charge is 2.28. The second-order valence-corrected chi connectivity index (χ2v) is 5.66. The van der Waals surface area contributed by atoms with E-state index >= 15 is 0 Å². The lowest BCUT2D eigenvalue weighted by atomic mass is 9.91. The fourth-order valence-electron chi connectivity index (χ4n) is 2.70. The van der Waals surface area contributed by atoms with Crippen molar-refractivity contribution in [2.24, 2.45) is 0 Å². The molecule has 0 radical (unpaired) electrons. The van der Waals surface area contributed by atoms with Crippen LogP contribution in [0.5, 0.6) is 0 Å². The molecule has 2 unspecified atom stereocenters. The largest absolute Gasteiger partial charge is 0.352 e. The Kier molecular flexibility index (Phi) is 3.51. The predicted octanol–water partition coefficient (Wildman–Crippen LogP) is 1.72. The number of nitrogens with one attached hydrogen (secondary N) is 2. The van der Waals surface area contributed by atoms with Gasteiger partial charge in [0.2, 0.25) is 5.91 Å². The molecule has 1 heterocycles. The fourth-order valence-corrected chi connectivity index (χ4v) is 2.70. The number of fused-ring (bicyclic) bond motifs is 1. The molecule has 1 amide bonds. The first kappa shape index (κ1) is 12.6. The number of rotatable bonds is 4. The summed E-state index contributed by atoms with van der Waals surface area (Å²) >= 11 is 0. The van der Waals surface area contributed by atoms with Crippen molar-refractivity contribution >= 4 is 5.91 Å². The van der Waals surface area contributed by atoms with Gasteiger partial charge in [-0.2, -0.15) is 0 Å². The van der Waals surface area contributed by atoms with E-state index in [1.807, 2.05) is 19.2 Å². The molecular weight excluding hydrogens is 238 g/mol. The number of pyridine rings is 1. The summed E-state index contributed by atoms with van der Waals surface area (Å²) in [5.74, 6) is 0.116. The number of aromatic nitrogens is 1. The number of hydrogen-bond donors (Lipinski definition) is 2. The van der Waals surface area contributed by atoms with Crippen LogP contribution < -0.4 is 10.6 Å². The number of amides is 1. The summed E-state index contributed by atoms with van der Waals surface area (Å²) < 4.78 is 0. The maximum atomic E-state index is 12.0. The number of carbonyl (C=O) groups excluding carboxylic acids is 1. The van der Waals surface area contributed by atoms with E-state index in [9.17, 15) is 4.79 Å². The Bertz CT molecular complexity index is 470. The van der Waals surface area contributed by atoms with Crippen LogP contribution in [0.15, 0.2) is 18.3 Å². The van der Waals surface area contributed by atoms with Gasteiger partial charge < -0.3 is 5.32 Å². The molecule has 0 spiro atoms. The van der Waals surface area contributed by atoms with Crippen molar-refractivity contribution in [1.29, 1.82) is 0 Å². The molecular formula is C15H21N3O. The SMILES string of the molecule is CC(NC1CCCc2cccnc21)C(=O)NC1CC1. The molecule has 0 saturated heterocycles. The van der Waals surface area contributed by atoms with Crippen LogP contribution >= 0.6 is 0 Å². The van der Waals surface area contributed by atoms with E-state index in [-0.39, 0.29) is 18.0 Å². The van der Waals surface area contributed by atoms with Crippen molar-refractivity contribution in [1.82, 2.24) is 15.6 Å². The third kappa shape index (κ3) is 2.95. The van der Waals surface area contributed by atoms with Gasteiger partial charge in [-0.1, -0.05) is 6.07 Å². The molecule has 102 valence electrons. The van der Waals surface area contributed by atoms with E-state index in [2.05, 4.69) is 21.7 Å². The molecule has 1 saturated carbocycles. The highest BCUT2D eigenvalue weighted by atomic mass is 16.2. The van der Waals surface area contributed by atoms with Gasteiger partial charge in [0, 0.05) is 12.2 Å². The zero-order valence-corrected chi connectivity index (χ0v) is 11.4. The third-order valence-electron chi connectivity index (χ3n) is 3.96. The van der Waals surface area contributed by atoms with Gasteiger partial charge in [-0.05, 0) is 50.7 Å². The number of nitrogens with zero attached hydrogens (tertiary/aromatic N) is 1. The van der Waals surface area contributed by atoms with Crippen LogP contribution in [0, 0.1) is 0 Å². The van der Waals surface area contributed by atoms with E-state index in [1.54, 1.807) is 0 Å². The molecule has 0 bridgehead atoms. The van der Waals surface area contributed by atoms with E-state index < -0.39 is 0 Å². The zero-order chi connectivity index (χ0) is 13.2. The van der Waals surface area contributed by atoms with Crippen LogP contribution in [0.3, 0.4) is 0 Å². The maximum Gasteiger partial charge on any atom is 0.237 e. The summed E-state index contributed by atoms with van der Waals surface area (Å²) in [6.07, 6.45) is 7.43. The van der Waals surface area contributed by atoms with Crippen LogP contribution in [0.1, 0.15) is 49.9 Å². The minimum Gasteiger partial charge on any atom is -0.352 e. The second-order valence-electron chi connectivity index (χ2n) is 5.66. The smallest absolute Gasteiger partial charge is 0.237 e. The molecule has 0 aromatic carbocycles. The van der Waals surface area contributed by atoms with Crippen LogP contribution in [0.2, 0.25) is 0 Å². The van der Waals surface area contributed by atoms with Crippen molar-refractivity contribution < 1.29 is 4.79 Å². The number of hydrogen-bond acceptors (Lipinski definition) is 3. The van der Waals surface area contributed by atoms with E-state index in [0.717, 1.165) is 37.8 Å². The van der Waals surface area contributed by atoms with Gasteiger partial charge in [0.25, 0.3) is 0 Å². The highest BCUT2D eigenvalue weighted by molar-refractivity contribution is 5.81. The standard InChI is InChI=1S/C15H21N3O/c1-10(15(19)18-12-7-8-12)17-13-6-2-4-11-5-3-9-16-14(11)13/h3,5,9-10,12-13,17H,2,4,6-8H2,1H3,(H,18,19). The van der Waals surface area contributed by atoms with Crippen molar-refractivity contribution in [3.05, 3.63) is 29.6 Å². The van der Waals surface area contributed by atoms with Crippen molar-refractivity contribution in [3.8, 4) is 0 Å². The Morgan fingerprint density at radius 3 is 3.05 bits per heavy atom.